The van der Waals surface area contributed by atoms with E-state index in [0.717, 1.165) is 32.5 Å². The van der Waals surface area contributed by atoms with Crippen molar-refractivity contribution in [2.75, 3.05) is 26.2 Å². The van der Waals surface area contributed by atoms with Gasteiger partial charge in [-0.3, -0.25) is 4.79 Å². The van der Waals surface area contributed by atoms with Crippen molar-refractivity contribution in [1.29, 1.82) is 0 Å². The first-order chi connectivity index (χ1) is 13.7. The monoisotopic (exact) mass is 381 g/mol. The third-order valence-electron chi connectivity index (χ3n) is 5.28. The third kappa shape index (κ3) is 5.91. The fourth-order valence-electron chi connectivity index (χ4n) is 3.66. The van der Waals surface area contributed by atoms with Gasteiger partial charge in [-0.2, -0.15) is 0 Å². The summed E-state index contributed by atoms with van der Waals surface area (Å²) in [7, 11) is 0. The van der Waals surface area contributed by atoms with Crippen LogP contribution in [0.25, 0.3) is 0 Å². The molecule has 0 aromatic heterocycles. The van der Waals surface area contributed by atoms with Gasteiger partial charge in [0.25, 0.3) is 0 Å². The number of piperidine rings is 1. The molecule has 0 saturated carbocycles. The summed E-state index contributed by atoms with van der Waals surface area (Å²) in [5.74, 6) is -0.107. The predicted molar refractivity (Wildman–Crippen MR) is 111 cm³/mol. The standard InChI is InChI=1S/C24H31NO3/c1-3-27-23(26)15-18-25-16-13-22(14-17-25)28-24(20-7-5-4-6-8-20)21-11-9-19(2)10-12-21/h4-12,22,24H,3,13-18H2,1-2H3. The maximum atomic E-state index is 11.6. The van der Waals surface area contributed by atoms with Crippen LogP contribution in [0, 0.1) is 6.92 Å². The Morgan fingerprint density at radius 1 is 1.04 bits per heavy atom. The molecule has 0 bridgehead atoms. The number of aryl methyl sites for hydroxylation is 1. The fraction of sp³-hybridized carbons (Fsp3) is 0.458. The van der Waals surface area contributed by atoms with E-state index in [9.17, 15) is 4.79 Å². The van der Waals surface area contributed by atoms with Crippen LogP contribution in [-0.2, 0) is 14.3 Å². The number of carbonyl (C=O) groups excluding carboxylic acids is 1. The second-order valence-electron chi connectivity index (χ2n) is 7.43. The molecule has 0 N–H and O–H groups in total. The van der Waals surface area contributed by atoms with E-state index < -0.39 is 0 Å². The number of rotatable bonds is 8. The van der Waals surface area contributed by atoms with E-state index in [0.29, 0.717) is 13.0 Å². The highest BCUT2D eigenvalue weighted by atomic mass is 16.5. The average molecular weight is 382 g/mol. The van der Waals surface area contributed by atoms with Crippen LogP contribution in [0.1, 0.15) is 49.0 Å². The SMILES string of the molecule is CCOC(=O)CCN1CCC(OC(c2ccccc2)c2ccc(C)cc2)CC1. The van der Waals surface area contributed by atoms with Crippen LogP contribution in [0.3, 0.4) is 0 Å². The minimum atomic E-state index is -0.107. The third-order valence-corrected chi connectivity index (χ3v) is 5.28. The summed E-state index contributed by atoms with van der Waals surface area (Å²) in [5, 5.41) is 0. The summed E-state index contributed by atoms with van der Waals surface area (Å²) in [5.41, 5.74) is 3.64. The van der Waals surface area contributed by atoms with Crippen molar-refractivity contribution < 1.29 is 14.3 Å². The number of hydrogen-bond acceptors (Lipinski definition) is 4. The molecule has 1 aliphatic rings. The molecule has 1 saturated heterocycles. The molecular formula is C24H31NO3. The van der Waals surface area contributed by atoms with E-state index in [1.807, 2.05) is 13.0 Å². The van der Waals surface area contributed by atoms with Crippen molar-refractivity contribution in [1.82, 2.24) is 4.90 Å². The summed E-state index contributed by atoms with van der Waals surface area (Å²) in [6.07, 6.45) is 2.62. The molecule has 1 heterocycles. The number of hydrogen-bond donors (Lipinski definition) is 0. The smallest absolute Gasteiger partial charge is 0.307 e. The highest BCUT2D eigenvalue weighted by Crippen LogP contribution is 2.30. The number of carbonyl (C=O) groups is 1. The second kappa shape index (κ2) is 10.4. The van der Waals surface area contributed by atoms with Crippen molar-refractivity contribution in [3.63, 3.8) is 0 Å². The van der Waals surface area contributed by atoms with Gasteiger partial charge in [-0.15, -0.1) is 0 Å². The number of likely N-dealkylation sites (tertiary alicyclic amines) is 1. The molecule has 1 atom stereocenters. The largest absolute Gasteiger partial charge is 0.466 e. The van der Waals surface area contributed by atoms with Gasteiger partial charge in [0, 0.05) is 19.6 Å². The maximum Gasteiger partial charge on any atom is 0.307 e. The molecule has 3 rings (SSSR count). The number of ether oxygens (including phenoxy) is 2. The molecule has 4 heteroatoms. The first-order valence-corrected chi connectivity index (χ1v) is 10.3. The maximum absolute atomic E-state index is 11.6. The molecule has 0 amide bonds. The van der Waals surface area contributed by atoms with Gasteiger partial charge in [0.1, 0.15) is 6.10 Å². The van der Waals surface area contributed by atoms with Crippen molar-refractivity contribution in [2.45, 2.75) is 45.3 Å². The molecule has 150 valence electrons. The number of esters is 1. The highest BCUT2D eigenvalue weighted by Gasteiger charge is 2.25. The van der Waals surface area contributed by atoms with Gasteiger partial charge in [0.2, 0.25) is 0 Å². The topological polar surface area (TPSA) is 38.8 Å². The molecule has 2 aromatic carbocycles. The Bertz CT molecular complexity index is 721. The van der Waals surface area contributed by atoms with Crippen LogP contribution < -0.4 is 0 Å². The number of nitrogens with zero attached hydrogens (tertiary/aromatic N) is 1. The Morgan fingerprint density at radius 3 is 2.32 bits per heavy atom. The molecule has 4 nitrogen and oxygen atoms in total. The normalized spacial score (nSPS) is 16.6. The summed E-state index contributed by atoms with van der Waals surface area (Å²) in [4.78, 5) is 13.9. The zero-order chi connectivity index (χ0) is 19.8. The minimum absolute atomic E-state index is 0.0436. The van der Waals surface area contributed by atoms with Gasteiger partial charge < -0.3 is 14.4 Å². The average Bonchev–Trinajstić information content (AvgIpc) is 2.73. The zero-order valence-corrected chi connectivity index (χ0v) is 17.0. The van der Waals surface area contributed by atoms with Gasteiger partial charge in [-0.1, -0.05) is 60.2 Å². The van der Waals surface area contributed by atoms with Crippen LogP contribution in [0.2, 0.25) is 0 Å². The Hall–Kier alpha value is -2.17. The van der Waals surface area contributed by atoms with Gasteiger partial charge in [0.05, 0.1) is 19.1 Å². The van der Waals surface area contributed by atoms with Crippen LogP contribution >= 0.6 is 0 Å². The quantitative estimate of drug-likeness (QED) is 0.630. The Balaban J connectivity index is 1.58. The minimum Gasteiger partial charge on any atom is -0.466 e. The van der Waals surface area contributed by atoms with Crippen LogP contribution in [0.4, 0.5) is 0 Å². The second-order valence-corrected chi connectivity index (χ2v) is 7.43. The predicted octanol–water partition coefficient (Wildman–Crippen LogP) is 4.52. The zero-order valence-electron chi connectivity index (χ0n) is 17.0. The van der Waals surface area contributed by atoms with E-state index in [1.54, 1.807) is 0 Å². The van der Waals surface area contributed by atoms with Crippen LogP contribution in [0.5, 0.6) is 0 Å². The molecule has 28 heavy (non-hydrogen) atoms. The number of benzene rings is 2. The summed E-state index contributed by atoms with van der Waals surface area (Å²) in [6, 6.07) is 19.1. The van der Waals surface area contributed by atoms with Crippen LogP contribution in [0.15, 0.2) is 54.6 Å². The fourth-order valence-corrected chi connectivity index (χ4v) is 3.66. The van der Waals surface area contributed by atoms with Crippen molar-refractivity contribution in [3.05, 3.63) is 71.3 Å². The Morgan fingerprint density at radius 2 is 1.68 bits per heavy atom. The highest BCUT2D eigenvalue weighted by molar-refractivity contribution is 5.69. The molecule has 1 fully saturated rings. The molecular weight excluding hydrogens is 350 g/mol. The van der Waals surface area contributed by atoms with Gasteiger partial charge in [-0.25, -0.2) is 0 Å². The van der Waals surface area contributed by atoms with Gasteiger partial charge in [0.15, 0.2) is 0 Å². The van der Waals surface area contributed by atoms with Crippen LogP contribution in [-0.4, -0.2) is 43.2 Å². The molecule has 0 spiro atoms. The van der Waals surface area contributed by atoms with Gasteiger partial charge in [-0.05, 0) is 37.8 Å². The van der Waals surface area contributed by atoms with Gasteiger partial charge >= 0.3 is 5.97 Å². The summed E-state index contributed by atoms with van der Waals surface area (Å²) in [6.45, 7) is 7.09. The Kier molecular flexibility index (Phi) is 7.63. The molecule has 1 aliphatic heterocycles. The lowest BCUT2D eigenvalue weighted by Crippen LogP contribution is -2.38. The van der Waals surface area contributed by atoms with E-state index in [4.69, 9.17) is 9.47 Å². The summed E-state index contributed by atoms with van der Waals surface area (Å²) >= 11 is 0. The van der Waals surface area contributed by atoms with E-state index in [-0.39, 0.29) is 18.2 Å². The van der Waals surface area contributed by atoms with Crippen molar-refractivity contribution in [2.24, 2.45) is 0 Å². The van der Waals surface area contributed by atoms with E-state index >= 15 is 0 Å². The van der Waals surface area contributed by atoms with Crippen molar-refractivity contribution in [3.8, 4) is 0 Å². The Labute approximate surface area is 168 Å². The lowest BCUT2D eigenvalue weighted by molar-refractivity contribution is -0.143. The molecule has 0 aliphatic carbocycles. The van der Waals surface area contributed by atoms with E-state index in [1.165, 1.54) is 16.7 Å². The van der Waals surface area contributed by atoms with Crippen molar-refractivity contribution >= 4 is 5.97 Å². The molecule has 2 aromatic rings. The summed E-state index contributed by atoms with van der Waals surface area (Å²) < 4.78 is 11.6. The first kappa shape index (κ1) is 20.6. The first-order valence-electron chi connectivity index (χ1n) is 10.3. The van der Waals surface area contributed by atoms with E-state index in [2.05, 4.69) is 60.4 Å². The molecule has 0 radical (unpaired) electrons. The lowest BCUT2D eigenvalue weighted by atomic mass is 9.99. The molecule has 1 unspecified atom stereocenters. The lowest BCUT2D eigenvalue weighted by Gasteiger charge is -2.34.